The summed E-state index contributed by atoms with van der Waals surface area (Å²) in [5.74, 6) is -0.211. The monoisotopic (exact) mass is 259 g/mol. The standard InChI is InChI=1S/C11H15BrFN/c1-11(2,3)7-14-10-6-8(12)4-5-9(10)13/h4-6,14H,7H2,1-3H3. The molecular weight excluding hydrogens is 245 g/mol. The molecule has 0 unspecified atom stereocenters. The van der Waals surface area contributed by atoms with Crippen LogP contribution in [0.2, 0.25) is 0 Å². The molecule has 0 amide bonds. The quantitative estimate of drug-likeness (QED) is 0.845. The van der Waals surface area contributed by atoms with Crippen LogP contribution in [-0.4, -0.2) is 6.54 Å². The van der Waals surface area contributed by atoms with Crippen LogP contribution in [0.15, 0.2) is 22.7 Å². The zero-order valence-corrected chi connectivity index (χ0v) is 10.3. The summed E-state index contributed by atoms with van der Waals surface area (Å²) in [5, 5.41) is 3.09. The summed E-state index contributed by atoms with van der Waals surface area (Å²) in [5.41, 5.74) is 0.698. The molecule has 3 heteroatoms. The van der Waals surface area contributed by atoms with Gasteiger partial charge in [-0.3, -0.25) is 0 Å². The van der Waals surface area contributed by atoms with Gasteiger partial charge >= 0.3 is 0 Å². The third-order valence-electron chi connectivity index (χ3n) is 1.74. The van der Waals surface area contributed by atoms with Gasteiger partial charge in [0.15, 0.2) is 0 Å². The van der Waals surface area contributed by atoms with Gasteiger partial charge in [0.1, 0.15) is 5.82 Å². The van der Waals surface area contributed by atoms with Crippen LogP contribution in [0.3, 0.4) is 0 Å². The fraction of sp³-hybridized carbons (Fsp3) is 0.455. The van der Waals surface area contributed by atoms with Gasteiger partial charge < -0.3 is 5.32 Å². The summed E-state index contributed by atoms with van der Waals surface area (Å²) in [6, 6.07) is 4.90. The average Bonchev–Trinajstić information content (AvgIpc) is 2.05. The molecule has 0 bridgehead atoms. The molecule has 78 valence electrons. The molecule has 0 saturated carbocycles. The number of hydrogen-bond acceptors (Lipinski definition) is 1. The van der Waals surface area contributed by atoms with Crippen molar-refractivity contribution >= 4 is 21.6 Å². The lowest BCUT2D eigenvalue weighted by Crippen LogP contribution is -2.19. The van der Waals surface area contributed by atoms with Crippen LogP contribution >= 0.6 is 15.9 Å². The van der Waals surface area contributed by atoms with Crippen molar-refractivity contribution in [2.45, 2.75) is 20.8 Å². The Balaban J connectivity index is 2.72. The highest BCUT2D eigenvalue weighted by atomic mass is 79.9. The van der Waals surface area contributed by atoms with Crippen LogP contribution < -0.4 is 5.32 Å². The van der Waals surface area contributed by atoms with E-state index in [1.165, 1.54) is 6.07 Å². The Morgan fingerprint density at radius 3 is 2.57 bits per heavy atom. The second-order valence-corrected chi connectivity index (χ2v) is 5.45. The first-order valence-electron chi connectivity index (χ1n) is 4.57. The predicted octanol–water partition coefficient (Wildman–Crippen LogP) is 4.05. The van der Waals surface area contributed by atoms with Crippen molar-refractivity contribution in [1.29, 1.82) is 0 Å². The first-order chi connectivity index (χ1) is 6.38. The highest BCUT2D eigenvalue weighted by Crippen LogP contribution is 2.22. The smallest absolute Gasteiger partial charge is 0.146 e. The lowest BCUT2D eigenvalue weighted by molar-refractivity contribution is 0.442. The molecule has 14 heavy (non-hydrogen) atoms. The van der Waals surface area contributed by atoms with Gasteiger partial charge in [0.05, 0.1) is 5.69 Å². The second-order valence-electron chi connectivity index (χ2n) is 4.54. The average molecular weight is 260 g/mol. The number of halogens is 2. The third-order valence-corrected chi connectivity index (χ3v) is 2.23. The largest absolute Gasteiger partial charge is 0.382 e. The van der Waals surface area contributed by atoms with E-state index >= 15 is 0 Å². The molecule has 0 heterocycles. The van der Waals surface area contributed by atoms with Gasteiger partial charge in [-0.15, -0.1) is 0 Å². The highest BCUT2D eigenvalue weighted by molar-refractivity contribution is 9.10. The number of benzene rings is 1. The van der Waals surface area contributed by atoms with E-state index in [-0.39, 0.29) is 11.2 Å². The SMILES string of the molecule is CC(C)(C)CNc1cc(Br)ccc1F. The Bertz CT molecular complexity index is 318. The van der Waals surface area contributed by atoms with Crippen molar-refractivity contribution < 1.29 is 4.39 Å². The van der Waals surface area contributed by atoms with E-state index in [4.69, 9.17) is 0 Å². The minimum Gasteiger partial charge on any atom is -0.382 e. The van der Waals surface area contributed by atoms with Crippen molar-refractivity contribution in [3.8, 4) is 0 Å². The molecule has 0 aliphatic heterocycles. The van der Waals surface area contributed by atoms with Crippen molar-refractivity contribution in [3.05, 3.63) is 28.5 Å². The van der Waals surface area contributed by atoms with Gasteiger partial charge in [0, 0.05) is 11.0 Å². The minimum absolute atomic E-state index is 0.148. The van der Waals surface area contributed by atoms with Crippen molar-refractivity contribution in [1.82, 2.24) is 0 Å². The van der Waals surface area contributed by atoms with Crippen molar-refractivity contribution in [2.24, 2.45) is 5.41 Å². The normalized spacial score (nSPS) is 11.5. The molecule has 0 radical (unpaired) electrons. The van der Waals surface area contributed by atoms with E-state index in [0.29, 0.717) is 5.69 Å². The van der Waals surface area contributed by atoms with E-state index in [1.54, 1.807) is 12.1 Å². The maximum absolute atomic E-state index is 13.3. The fourth-order valence-corrected chi connectivity index (χ4v) is 1.35. The summed E-state index contributed by atoms with van der Waals surface area (Å²) in [7, 11) is 0. The Morgan fingerprint density at radius 2 is 2.00 bits per heavy atom. The van der Waals surface area contributed by atoms with Crippen LogP contribution in [0.25, 0.3) is 0 Å². The van der Waals surface area contributed by atoms with Crippen LogP contribution in [0.5, 0.6) is 0 Å². The number of hydrogen-bond donors (Lipinski definition) is 1. The highest BCUT2D eigenvalue weighted by Gasteiger charge is 2.11. The summed E-state index contributed by atoms with van der Waals surface area (Å²) >= 11 is 3.31. The first-order valence-corrected chi connectivity index (χ1v) is 5.37. The Labute approximate surface area is 92.8 Å². The maximum Gasteiger partial charge on any atom is 0.146 e. The molecular formula is C11H15BrFN. The van der Waals surface area contributed by atoms with Crippen LogP contribution in [0.1, 0.15) is 20.8 Å². The molecule has 0 atom stereocenters. The fourth-order valence-electron chi connectivity index (χ4n) is 0.993. The summed E-state index contributed by atoms with van der Waals surface area (Å²) < 4.78 is 14.1. The van der Waals surface area contributed by atoms with Gasteiger partial charge in [0.25, 0.3) is 0 Å². The third kappa shape index (κ3) is 3.66. The molecule has 0 aliphatic rings. The van der Waals surface area contributed by atoms with E-state index < -0.39 is 0 Å². The molecule has 1 aromatic rings. The Kier molecular flexibility index (Phi) is 3.53. The molecule has 1 N–H and O–H groups in total. The zero-order chi connectivity index (χ0) is 10.8. The minimum atomic E-state index is -0.211. The molecule has 1 aromatic carbocycles. The van der Waals surface area contributed by atoms with Gasteiger partial charge in [-0.1, -0.05) is 36.7 Å². The Morgan fingerprint density at radius 1 is 1.36 bits per heavy atom. The van der Waals surface area contributed by atoms with Crippen molar-refractivity contribution in [3.63, 3.8) is 0 Å². The predicted molar refractivity (Wildman–Crippen MR) is 62.0 cm³/mol. The molecule has 0 fully saturated rings. The maximum atomic E-state index is 13.3. The van der Waals surface area contributed by atoms with Crippen LogP contribution in [0.4, 0.5) is 10.1 Å². The van der Waals surface area contributed by atoms with Gasteiger partial charge in [-0.05, 0) is 23.6 Å². The van der Waals surface area contributed by atoms with E-state index in [9.17, 15) is 4.39 Å². The lowest BCUT2D eigenvalue weighted by atomic mass is 9.97. The second kappa shape index (κ2) is 4.30. The molecule has 1 rings (SSSR count). The summed E-state index contributed by atoms with van der Waals surface area (Å²) in [6.07, 6.45) is 0. The van der Waals surface area contributed by atoms with Gasteiger partial charge in [-0.25, -0.2) is 4.39 Å². The van der Waals surface area contributed by atoms with Crippen molar-refractivity contribution in [2.75, 3.05) is 11.9 Å². The van der Waals surface area contributed by atoms with Crippen LogP contribution in [-0.2, 0) is 0 Å². The number of nitrogens with one attached hydrogen (secondary N) is 1. The molecule has 0 spiro atoms. The van der Waals surface area contributed by atoms with E-state index in [1.807, 2.05) is 0 Å². The van der Waals surface area contributed by atoms with Gasteiger partial charge in [-0.2, -0.15) is 0 Å². The zero-order valence-electron chi connectivity index (χ0n) is 8.70. The molecule has 0 saturated heterocycles. The molecule has 0 aromatic heterocycles. The van der Waals surface area contributed by atoms with E-state index in [2.05, 4.69) is 42.0 Å². The number of rotatable bonds is 2. The topological polar surface area (TPSA) is 12.0 Å². The summed E-state index contributed by atoms with van der Waals surface area (Å²) in [4.78, 5) is 0. The Hall–Kier alpha value is -0.570. The number of anilines is 1. The molecule has 0 aliphatic carbocycles. The van der Waals surface area contributed by atoms with Gasteiger partial charge in [0.2, 0.25) is 0 Å². The molecule has 1 nitrogen and oxygen atoms in total. The first kappa shape index (κ1) is 11.5. The lowest BCUT2D eigenvalue weighted by Gasteiger charge is -2.19. The van der Waals surface area contributed by atoms with Crippen LogP contribution in [0, 0.1) is 11.2 Å². The van der Waals surface area contributed by atoms with E-state index in [0.717, 1.165) is 11.0 Å². The summed E-state index contributed by atoms with van der Waals surface area (Å²) in [6.45, 7) is 7.07.